The first-order valence-corrected chi connectivity index (χ1v) is 8.29. The zero-order valence-electron chi connectivity index (χ0n) is 14.1. The fourth-order valence-electron chi connectivity index (χ4n) is 2.83. The van der Waals surface area contributed by atoms with Crippen LogP contribution in [-0.2, 0) is 9.53 Å². The summed E-state index contributed by atoms with van der Waals surface area (Å²) in [7, 11) is 1.37. The van der Waals surface area contributed by atoms with E-state index < -0.39 is 0 Å². The summed E-state index contributed by atoms with van der Waals surface area (Å²) < 4.78 is 9.98. The summed E-state index contributed by atoms with van der Waals surface area (Å²) in [5.74, 6) is 1.43. The molecule has 1 fully saturated rings. The normalized spacial score (nSPS) is 16.0. The molecule has 0 bridgehead atoms. The van der Waals surface area contributed by atoms with Crippen LogP contribution in [0.3, 0.4) is 0 Å². The minimum absolute atomic E-state index is 0.179. The SMILES string of the molecule is COC(=O)CC(C)c1nc(-c2ccnc(N3CCCCC3)c2)no1. The van der Waals surface area contributed by atoms with Gasteiger partial charge in [0.2, 0.25) is 11.7 Å². The third-order valence-electron chi connectivity index (χ3n) is 4.25. The second-order valence-corrected chi connectivity index (χ2v) is 6.09. The molecule has 7 heteroatoms. The Bertz CT molecular complexity index is 695. The Labute approximate surface area is 141 Å². The molecule has 1 atom stereocenters. The summed E-state index contributed by atoms with van der Waals surface area (Å²) in [5, 5.41) is 4.04. The summed E-state index contributed by atoms with van der Waals surface area (Å²) in [6, 6.07) is 3.86. The van der Waals surface area contributed by atoms with Gasteiger partial charge in [0, 0.05) is 30.8 Å². The highest BCUT2D eigenvalue weighted by Gasteiger charge is 2.19. The predicted octanol–water partition coefficient (Wildman–Crippen LogP) is 2.79. The number of carbonyl (C=O) groups is 1. The molecule has 0 aromatic carbocycles. The van der Waals surface area contributed by atoms with Gasteiger partial charge in [-0.15, -0.1) is 0 Å². The van der Waals surface area contributed by atoms with Crippen LogP contribution in [0.1, 0.15) is 44.4 Å². The number of piperidine rings is 1. The Morgan fingerprint density at radius 3 is 2.92 bits per heavy atom. The topological polar surface area (TPSA) is 81.4 Å². The molecule has 24 heavy (non-hydrogen) atoms. The molecular formula is C17H22N4O3. The first-order chi connectivity index (χ1) is 11.7. The number of nitrogens with zero attached hydrogens (tertiary/aromatic N) is 4. The molecule has 1 aliphatic rings. The van der Waals surface area contributed by atoms with Gasteiger partial charge >= 0.3 is 5.97 Å². The Balaban J connectivity index is 1.76. The monoisotopic (exact) mass is 330 g/mol. The lowest BCUT2D eigenvalue weighted by molar-refractivity contribution is -0.141. The van der Waals surface area contributed by atoms with E-state index in [9.17, 15) is 4.79 Å². The molecule has 3 heterocycles. The summed E-state index contributed by atoms with van der Waals surface area (Å²) in [4.78, 5) is 22.5. The lowest BCUT2D eigenvalue weighted by Gasteiger charge is -2.27. The van der Waals surface area contributed by atoms with Crippen LogP contribution in [0, 0.1) is 0 Å². The van der Waals surface area contributed by atoms with Crippen LogP contribution in [0.5, 0.6) is 0 Å². The largest absolute Gasteiger partial charge is 0.469 e. The summed E-state index contributed by atoms with van der Waals surface area (Å²) in [6.07, 6.45) is 5.66. The maximum Gasteiger partial charge on any atom is 0.306 e. The van der Waals surface area contributed by atoms with Crippen molar-refractivity contribution < 1.29 is 14.1 Å². The smallest absolute Gasteiger partial charge is 0.306 e. The molecule has 2 aromatic rings. The molecule has 0 N–H and O–H groups in total. The van der Waals surface area contributed by atoms with E-state index in [-0.39, 0.29) is 18.3 Å². The van der Waals surface area contributed by atoms with Crippen molar-refractivity contribution in [2.24, 2.45) is 0 Å². The van der Waals surface area contributed by atoms with Gasteiger partial charge in [-0.25, -0.2) is 4.98 Å². The van der Waals surface area contributed by atoms with E-state index in [0.717, 1.165) is 24.5 Å². The Hall–Kier alpha value is -2.44. The van der Waals surface area contributed by atoms with Crippen molar-refractivity contribution >= 4 is 11.8 Å². The van der Waals surface area contributed by atoms with Crippen LogP contribution >= 0.6 is 0 Å². The quantitative estimate of drug-likeness (QED) is 0.780. The fraction of sp³-hybridized carbons (Fsp3) is 0.529. The number of aromatic nitrogens is 3. The van der Waals surface area contributed by atoms with Crippen LogP contribution in [0.15, 0.2) is 22.9 Å². The lowest BCUT2D eigenvalue weighted by atomic mass is 10.1. The predicted molar refractivity (Wildman–Crippen MR) is 88.6 cm³/mol. The highest BCUT2D eigenvalue weighted by atomic mass is 16.5. The summed E-state index contributed by atoms with van der Waals surface area (Å²) in [6.45, 7) is 3.92. The van der Waals surface area contributed by atoms with E-state index in [1.165, 1.54) is 26.4 Å². The highest BCUT2D eigenvalue weighted by Crippen LogP contribution is 2.25. The second-order valence-electron chi connectivity index (χ2n) is 6.09. The number of rotatable bonds is 5. The van der Waals surface area contributed by atoms with Gasteiger partial charge in [0.15, 0.2) is 0 Å². The number of carbonyl (C=O) groups excluding carboxylic acids is 1. The molecule has 1 aliphatic heterocycles. The third kappa shape index (κ3) is 3.72. The number of pyridine rings is 1. The van der Waals surface area contributed by atoms with Crippen LogP contribution in [0.25, 0.3) is 11.4 Å². The van der Waals surface area contributed by atoms with Crippen molar-refractivity contribution in [2.45, 2.75) is 38.5 Å². The number of esters is 1. The lowest BCUT2D eigenvalue weighted by Crippen LogP contribution is -2.30. The molecule has 3 rings (SSSR count). The summed E-state index contributed by atoms with van der Waals surface area (Å²) >= 11 is 0. The van der Waals surface area contributed by atoms with E-state index in [1.54, 1.807) is 6.20 Å². The molecule has 7 nitrogen and oxygen atoms in total. The van der Waals surface area contributed by atoms with Crippen LogP contribution < -0.4 is 4.90 Å². The maximum absolute atomic E-state index is 11.4. The number of ether oxygens (including phenoxy) is 1. The zero-order chi connectivity index (χ0) is 16.9. The molecule has 128 valence electrons. The van der Waals surface area contributed by atoms with Crippen molar-refractivity contribution in [1.29, 1.82) is 0 Å². The van der Waals surface area contributed by atoms with Crippen LogP contribution in [0.2, 0.25) is 0 Å². The van der Waals surface area contributed by atoms with Crippen molar-refractivity contribution in [3.05, 3.63) is 24.2 Å². The van der Waals surface area contributed by atoms with Crippen molar-refractivity contribution in [3.8, 4) is 11.4 Å². The van der Waals surface area contributed by atoms with E-state index in [4.69, 9.17) is 4.52 Å². The number of hydrogen-bond donors (Lipinski definition) is 0. The summed E-state index contributed by atoms with van der Waals surface area (Å²) in [5.41, 5.74) is 0.867. The average molecular weight is 330 g/mol. The van der Waals surface area contributed by atoms with Gasteiger partial charge in [0.05, 0.1) is 13.5 Å². The van der Waals surface area contributed by atoms with Gasteiger partial charge in [-0.05, 0) is 31.4 Å². The third-order valence-corrected chi connectivity index (χ3v) is 4.25. The average Bonchev–Trinajstić information content (AvgIpc) is 3.13. The molecule has 2 aromatic heterocycles. The molecule has 0 radical (unpaired) electrons. The van der Waals surface area contributed by atoms with Gasteiger partial charge in [-0.1, -0.05) is 12.1 Å². The van der Waals surface area contributed by atoms with E-state index in [1.807, 2.05) is 19.1 Å². The van der Waals surface area contributed by atoms with E-state index in [2.05, 4.69) is 24.8 Å². The Morgan fingerprint density at radius 2 is 2.17 bits per heavy atom. The van der Waals surface area contributed by atoms with E-state index in [0.29, 0.717) is 11.7 Å². The first-order valence-electron chi connectivity index (χ1n) is 8.29. The molecule has 1 unspecified atom stereocenters. The van der Waals surface area contributed by atoms with Gasteiger partial charge < -0.3 is 14.2 Å². The highest BCUT2D eigenvalue weighted by molar-refractivity contribution is 5.70. The molecular weight excluding hydrogens is 308 g/mol. The van der Waals surface area contributed by atoms with Crippen molar-refractivity contribution in [2.75, 3.05) is 25.1 Å². The van der Waals surface area contributed by atoms with Crippen LogP contribution in [0.4, 0.5) is 5.82 Å². The minimum atomic E-state index is -0.293. The molecule has 0 aliphatic carbocycles. The van der Waals surface area contributed by atoms with Crippen molar-refractivity contribution in [1.82, 2.24) is 15.1 Å². The Morgan fingerprint density at radius 1 is 1.38 bits per heavy atom. The Kier molecular flexibility index (Phi) is 5.08. The van der Waals surface area contributed by atoms with Gasteiger partial charge in [0.1, 0.15) is 5.82 Å². The number of anilines is 1. The first kappa shape index (κ1) is 16.4. The minimum Gasteiger partial charge on any atom is -0.469 e. The standard InChI is InChI=1S/C17H22N4O3/c1-12(10-15(22)23-2)17-19-16(20-24-17)13-6-7-18-14(11-13)21-8-4-3-5-9-21/h6-7,11-12H,3-5,8-10H2,1-2H3. The van der Waals surface area contributed by atoms with E-state index >= 15 is 0 Å². The number of methoxy groups -OCH3 is 1. The number of hydrogen-bond acceptors (Lipinski definition) is 7. The van der Waals surface area contributed by atoms with Gasteiger partial charge in [-0.2, -0.15) is 4.98 Å². The molecule has 0 amide bonds. The fourth-order valence-corrected chi connectivity index (χ4v) is 2.83. The van der Waals surface area contributed by atoms with Crippen LogP contribution in [-0.4, -0.2) is 41.3 Å². The van der Waals surface area contributed by atoms with Gasteiger partial charge in [-0.3, -0.25) is 4.79 Å². The molecule has 0 saturated carbocycles. The second kappa shape index (κ2) is 7.42. The molecule has 1 saturated heterocycles. The molecule has 0 spiro atoms. The van der Waals surface area contributed by atoms with Crippen molar-refractivity contribution in [3.63, 3.8) is 0 Å². The zero-order valence-corrected chi connectivity index (χ0v) is 14.1. The maximum atomic E-state index is 11.4. The van der Waals surface area contributed by atoms with Gasteiger partial charge in [0.25, 0.3) is 0 Å².